The van der Waals surface area contributed by atoms with E-state index < -0.39 is 9.84 Å². The zero-order valence-corrected chi connectivity index (χ0v) is 25.2. The van der Waals surface area contributed by atoms with Crippen LogP contribution in [0.4, 0.5) is 0 Å². The number of carbonyl (C=O) groups excluding carboxylic acids is 1. The maximum absolute atomic E-state index is 11.9. The Morgan fingerprint density at radius 1 is 0.902 bits per heavy atom. The Balaban J connectivity index is 1.55. The van der Waals surface area contributed by atoms with E-state index in [1.54, 1.807) is 12.1 Å². The van der Waals surface area contributed by atoms with Gasteiger partial charge in [-0.15, -0.1) is 6.42 Å². The van der Waals surface area contributed by atoms with Gasteiger partial charge in [0.1, 0.15) is 37.1 Å². The molecule has 0 aliphatic heterocycles. The summed E-state index contributed by atoms with van der Waals surface area (Å²) in [7, 11) is -3.41. The maximum Gasteiger partial charge on any atom is 0.177 e. The molecule has 3 aromatic carbocycles. The molecule has 0 fully saturated rings. The lowest BCUT2D eigenvalue weighted by Crippen LogP contribution is -2.04. The van der Waals surface area contributed by atoms with Crippen LogP contribution in [0.3, 0.4) is 0 Å². The molecule has 0 aliphatic rings. The number of carbonyl (C=O) groups is 1. The number of hydrogen-bond acceptors (Lipinski definition) is 7. The van der Waals surface area contributed by atoms with Crippen LogP contribution in [-0.2, 0) is 23.1 Å². The summed E-state index contributed by atoms with van der Waals surface area (Å²) in [5, 5.41) is 0. The first kappa shape index (κ1) is 29.8. The summed E-state index contributed by atoms with van der Waals surface area (Å²) in [5.41, 5.74) is 5.99. The van der Waals surface area contributed by atoms with Crippen molar-refractivity contribution in [3.05, 3.63) is 99.3 Å². The molecule has 0 saturated heterocycles. The Hall–Kier alpha value is -4.13. The van der Waals surface area contributed by atoms with Crippen molar-refractivity contribution in [2.45, 2.75) is 32.0 Å². The van der Waals surface area contributed by atoms with Gasteiger partial charge in [-0.1, -0.05) is 36.3 Å². The number of rotatable bonds is 11. The average Bonchev–Trinajstić information content (AvgIpc) is 2.95. The van der Waals surface area contributed by atoms with Crippen LogP contribution in [0.1, 0.15) is 32.6 Å². The number of halogens is 1. The molecule has 0 radical (unpaired) electrons. The van der Waals surface area contributed by atoms with Crippen LogP contribution in [0.5, 0.6) is 17.2 Å². The van der Waals surface area contributed by atoms with Crippen LogP contribution < -0.4 is 14.2 Å². The molecule has 41 heavy (non-hydrogen) atoms. The van der Waals surface area contributed by atoms with Gasteiger partial charge >= 0.3 is 0 Å². The molecule has 0 N–H and O–H groups in total. The molecule has 4 aromatic rings. The summed E-state index contributed by atoms with van der Waals surface area (Å²) >= 11 is 3.49. The summed E-state index contributed by atoms with van der Waals surface area (Å²) in [6, 6.07) is 16.7. The molecule has 0 aliphatic carbocycles. The molecule has 9 heteroatoms. The Morgan fingerprint density at radius 3 is 2.32 bits per heavy atom. The van der Waals surface area contributed by atoms with Gasteiger partial charge < -0.3 is 14.2 Å². The molecular weight excluding hydrogens is 606 g/mol. The van der Waals surface area contributed by atoms with Gasteiger partial charge in [0.15, 0.2) is 16.1 Å². The lowest BCUT2D eigenvalue weighted by molar-refractivity contribution is 0.111. The maximum atomic E-state index is 11.9. The zero-order chi connectivity index (χ0) is 29.6. The number of nitrogens with zero attached hydrogens (tertiary/aromatic N) is 1. The van der Waals surface area contributed by atoms with Gasteiger partial charge in [0.2, 0.25) is 0 Å². The molecule has 0 saturated carbocycles. The second kappa shape index (κ2) is 13.0. The standard InChI is InChI=1S/C32H28BrNO6S/c1-5-12-38-30-11-7-10-28(22(30)3)27-9-6-8-24(21(27)2)20-40-32-15-31(25(18-35)14-29(32)33)39-19-23-13-26(17-34-16-23)41(4,36)37/h1,6-11,13-18H,12,19-20H2,2-4H3. The fourth-order valence-corrected chi connectivity index (χ4v) is 5.35. The largest absolute Gasteiger partial charge is 0.488 e. The van der Waals surface area contributed by atoms with Crippen LogP contribution in [0.25, 0.3) is 11.1 Å². The first-order chi connectivity index (χ1) is 19.6. The Labute approximate surface area is 248 Å². The number of terminal acetylenes is 1. The number of ether oxygens (including phenoxy) is 3. The molecule has 0 amide bonds. The van der Waals surface area contributed by atoms with E-state index in [1.807, 2.05) is 44.2 Å². The van der Waals surface area contributed by atoms with Gasteiger partial charge in [0.25, 0.3) is 0 Å². The normalized spacial score (nSPS) is 11.0. The quantitative estimate of drug-likeness (QED) is 0.137. The van der Waals surface area contributed by atoms with E-state index in [4.69, 9.17) is 20.6 Å². The topological polar surface area (TPSA) is 91.8 Å². The molecule has 0 spiro atoms. The van der Waals surface area contributed by atoms with Gasteiger partial charge in [-0.3, -0.25) is 9.78 Å². The summed E-state index contributed by atoms with van der Waals surface area (Å²) in [5.74, 6) is 4.03. The van der Waals surface area contributed by atoms with E-state index in [9.17, 15) is 13.2 Å². The third-order valence-corrected chi connectivity index (χ3v) is 8.20. The summed E-state index contributed by atoms with van der Waals surface area (Å²) in [4.78, 5) is 15.8. The molecular formula is C32H28BrNO6S. The predicted octanol–water partition coefficient (Wildman–Crippen LogP) is 6.51. The fourth-order valence-electron chi connectivity index (χ4n) is 4.25. The average molecular weight is 635 g/mol. The van der Waals surface area contributed by atoms with Crippen LogP contribution in [0.15, 0.2) is 76.4 Å². The van der Waals surface area contributed by atoms with Crippen molar-refractivity contribution in [3.63, 3.8) is 0 Å². The highest BCUT2D eigenvalue weighted by Crippen LogP contribution is 2.36. The summed E-state index contributed by atoms with van der Waals surface area (Å²) in [6.45, 7) is 4.53. The van der Waals surface area contributed by atoms with E-state index in [0.29, 0.717) is 33.4 Å². The molecule has 0 unspecified atom stereocenters. The smallest absolute Gasteiger partial charge is 0.177 e. The van der Waals surface area contributed by atoms with Crippen molar-refractivity contribution in [2.24, 2.45) is 0 Å². The van der Waals surface area contributed by atoms with Gasteiger partial charge in [0.05, 0.1) is 14.9 Å². The Morgan fingerprint density at radius 2 is 1.61 bits per heavy atom. The van der Waals surface area contributed by atoms with Crippen LogP contribution in [0.2, 0.25) is 0 Å². The lowest BCUT2D eigenvalue weighted by atomic mass is 9.93. The zero-order valence-electron chi connectivity index (χ0n) is 22.8. The van der Waals surface area contributed by atoms with Gasteiger partial charge in [-0.05, 0) is 75.8 Å². The molecule has 7 nitrogen and oxygen atoms in total. The highest BCUT2D eigenvalue weighted by molar-refractivity contribution is 9.10. The molecule has 1 heterocycles. The third kappa shape index (κ3) is 7.15. The number of pyridine rings is 1. The van der Waals surface area contributed by atoms with Crippen molar-refractivity contribution in [2.75, 3.05) is 12.9 Å². The summed E-state index contributed by atoms with van der Waals surface area (Å²) < 4.78 is 42.1. The number of aromatic nitrogens is 1. The minimum Gasteiger partial charge on any atom is -0.488 e. The van der Waals surface area contributed by atoms with E-state index in [-0.39, 0.29) is 24.7 Å². The Kier molecular flexibility index (Phi) is 9.48. The minimum absolute atomic E-state index is 0.0168. The molecule has 4 rings (SSSR count). The predicted molar refractivity (Wildman–Crippen MR) is 161 cm³/mol. The first-order valence-electron chi connectivity index (χ1n) is 12.6. The third-order valence-electron chi connectivity index (χ3n) is 6.50. The van der Waals surface area contributed by atoms with E-state index in [1.165, 1.54) is 18.5 Å². The van der Waals surface area contributed by atoms with E-state index in [0.717, 1.165) is 39.8 Å². The fraction of sp³-hybridized carbons (Fsp3) is 0.188. The molecule has 0 atom stereocenters. The summed E-state index contributed by atoms with van der Waals surface area (Å²) in [6.07, 6.45) is 9.96. The number of aldehydes is 1. The highest BCUT2D eigenvalue weighted by atomic mass is 79.9. The number of sulfone groups is 1. The minimum atomic E-state index is -3.41. The Bertz CT molecular complexity index is 1740. The van der Waals surface area contributed by atoms with Crippen molar-refractivity contribution in [1.82, 2.24) is 4.98 Å². The van der Waals surface area contributed by atoms with Crippen molar-refractivity contribution < 1.29 is 27.4 Å². The van der Waals surface area contributed by atoms with Gasteiger partial charge in [0, 0.05) is 30.3 Å². The molecule has 1 aromatic heterocycles. The monoisotopic (exact) mass is 633 g/mol. The van der Waals surface area contributed by atoms with E-state index in [2.05, 4.69) is 32.9 Å². The number of hydrogen-bond donors (Lipinski definition) is 0. The lowest BCUT2D eigenvalue weighted by Gasteiger charge is -2.17. The van der Waals surface area contributed by atoms with Crippen molar-refractivity contribution in [3.8, 4) is 40.7 Å². The second-order valence-electron chi connectivity index (χ2n) is 9.33. The van der Waals surface area contributed by atoms with Crippen LogP contribution >= 0.6 is 15.9 Å². The van der Waals surface area contributed by atoms with Crippen molar-refractivity contribution in [1.29, 1.82) is 0 Å². The highest BCUT2D eigenvalue weighted by Gasteiger charge is 2.15. The second-order valence-corrected chi connectivity index (χ2v) is 12.2. The van der Waals surface area contributed by atoms with E-state index >= 15 is 0 Å². The molecule has 210 valence electrons. The van der Waals surface area contributed by atoms with Gasteiger partial charge in [-0.2, -0.15) is 0 Å². The molecule has 0 bridgehead atoms. The van der Waals surface area contributed by atoms with Crippen LogP contribution in [-0.4, -0.2) is 32.6 Å². The van der Waals surface area contributed by atoms with Gasteiger partial charge in [-0.25, -0.2) is 8.42 Å². The first-order valence-corrected chi connectivity index (χ1v) is 15.2. The van der Waals surface area contributed by atoms with Crippen molar-refractivity contribution >= 4 is 32.1 Å². The SMILES string of the molecule is C#CCOc1cccc(-c2cccc(COc3cc(OCc4cncc(S(C)(=O)=O)c4)c(C=O)cc3Br)c2C)c1C. The van der Waals surface area contributed by atoms with Crippen LogP contribution in [0, 0.1) is 26.2 Å². The number of benzene rings is 3.